The van der Waals surface area contributed by atoms with E-state index in [9.17, 15) is 14.9 Å². The van der Waals surface area contributed by atoms with Gasteiger partial charge < -0.3 is 14.8 Å². The Balaban J connectivity index is 2.24. The van der Waals surface area contributed by atoms with Gasteiger partial charge in [-0.05, 0) is 23.8 Å². The molecule has 0 fully saturated rings. The number of carbonyl (C=O) groups excluding carboxylic acids is 1. The third-order valence-electron chi connectivity index (χ3n) is 3.25. The monoisotopic (exact) mass is 362 g/mol. The minimum absolute atomic E-state index is 0.00778. The molecule has 2 rings (SSSR count). The molecule has 1 amide bonds. The van der Waals surface area contributed by atoms with Crippen molar-refractivity contribution in [2.45, 2.75) is 0 Å². The number of amides is 1. The van der Waals surface area contributed by atoms with Crippen LogP contribution in [0.25, 0.3) is 6.08 Å². The van der Waals surface area contributed by atoms with Gasteiger partial charge in [0.2, 0.25) is 5.91 Å². The van der Waals surface area contributed by atoms with Crippen molar-refractivity contribution in [3.8, 4) is 11.5 Å². The van der Waals surface area contributed by atoms with Crippen molar-refractivity contribution in [1.82, 2.24) is 0 Å². The lowest BCUT2D eigenvalue weighted by atomic mass is 10.2. The van der Waals surface area contributed by atoms with E-state index in [4.69, 9.17) is 21.1 Å². The Hall–Kier alpha value is -3.06. The maximum absolute atomic E-state index is 12.1. The second-order valence-electron chi connectivity index (χ2n) is 4.86. The molecule has 0 unspecified atom stereocenters. The summed E-state index contributed by atoms with van der Waals surface area (Å²) in [5.41, 5.74) is 0.473. The van der Waals surface area contributed by atoms with Gasteiger partial charge in [-0.15, -0.1) is 0 Å². The number of nitrogens with one attached hydrogen (secondary N) is 1. The Morgan fingerprint density at radius 3 is 2.32 bits per heavy atom. The van der Waals surface area contributed by atoms with Crippen LogP contribution in [0.1, 0.15) is 5.56 Å². The first-order chi connectivity index (χ1) is 11.9. The van der Waals surface area contributed by atoms with Crippen LogP contribution >= 0.6 is 11.6 Å². The maximum Gasteiger partial charge on any atom is 0.296 e. The highest BCUT2D eigenvalue weighted by Gasteiger charge is 2.20. The van der Waals surface area contributed by atoms with Crippen LogP contribution < -0.4 is 14.8 Å². The molecular formula is C17H15ClN2O5. The first-order valence-corrected chi connectivity index (χ1v) is 7.47. The number of ether oxygens (including phenoxy) is 2. The van der Waals surface area contributed by atoms with Gasteiger partial charge in [0, 0.05) is 17.2 Å². The van der Waals surface area contributed by atoms with Gasteiger partial charge in [0.05, 0.1) is 25.2 Å². The molecule has 0 atom stereocenters. The molecule has 2 aromatic carbocycles. The predicted molar refractivity (Wildman–Crippen MR) is 95.3 cm³/mol. The summed E-state index contributed by atoms with van der Waals surface area (Å²) in [6.45, 7) is 0. The zero-order valence-corrected chi connectivity index (χ0v) is 14.2. The van der Waals surface area contributed by atoms with Gasteiger partial charge in [-0.2, -0.15) is 0 Å². The number of nitro benzene ring substituents is 1. The molecule has 0 heterocycles. The lowest BCUT2D eigenvalue weighted by Gasteiger charge is -2.10. The highest BCUT2D eigenvalue weighted by molar-refractivity contribution is 6.30. The number of methoxy groups -OCH3 is 2. The second kappa shape index (κ2) is 8.16. The van der Waals surface area contributed by atoms with Crippen molar-refractivity contribution in [2.24, 2.45) is 0 Å². The molecule has 0 bridgehead atoms. The average Bonchev–Trinajstić information content (AvgIpc) is 2.60. The van der Waals surface area contributed by atoms with Gasteiger partial charge in [0.1, 0.15) is 5.69 Å². The van der Waals surface area contributed by atoms with Crippen molar-refractivity contribution >= 4 is 35.0 Å². The standard InChI is InChI=1S/C17H15ClN2O5/c1-24-15-9-13(14(20(22)23)10-16(15)25-2)19-17(21)8-5-11-3-6-12(18)7-4-11/h3-10H,1-2H3,(H,19,21)/b8-5+. The first kappa shape index (κ1) is 18.3. The normalized spacial score (nSPS) is 10.5. The lowest BCUT2D eigenvalue weighted by Crippen LogP contribution is -2.10. The number of anilines is 1. The Kier molecular flexibility index (Phi) is 5.97. The molecule has 130 valence electrons. The molecule has 0 saturated heterocycles. The van der Waals surface area contributed by atoms with E-state index in [1.165, 1.54) is 32.4 Å². The van der Waals surface area contributed by atoms with E-state index in [0.717, 1.165) is 5.56 Å². The molecule has 2 aromatic rings. The fourth-order valence-electron chi connectivity index (χ4n) is 2.04. The molecule has 1 N–H and O–H groups in total. The van der Waals surface area contributed by atoms with Gasteiger partial charge >= 0.3 is 0 Å². The van der Waals surface area contributed by atoms with E-state index in [0.29, 0.717) is 5.02 Å². The third-order valence-corrected chi connectivity index (χ3v) is 3.51. The highest BCUT2D eigenvalue weighted by atomic mass is 35.5. The number of hydrogen-bond donors (Lipinski definition) is 1. The van der Waals surface area contributed by atoms with Gasteiger partial charge in [0.15, 0.2) is 11.5 Å². The summed E-state index contributed by atoms with van der Waals surface area (Å²) in [5, 5.41) is 14.3. The summed E-state index contributed by atoms with van der Waals surface area (Å²) < 4.78 is 10.1. The molecule has 0 aliphatic heterocycles. The number of nitro groups is 1. The fraction of sp³-hybridized carbons (Fsp3) is 0.118. The number of carbonyl (C=O) groups is 1. The summed E-state index contributed by atoms with van der Waals surface area (Å²) in [6, 6.07) is 9.40. The van der Waals surface area contributed by atoms with Crippen molar-refractivity contribution in [3.63, 3.8) is 0 Å². The number of rotatable bonds is 6. The quantitative estimate of drug-likeness (QED) is 0.478. The van der Waals surface area contributed by atoms with E-state index in [1.807, 2.05) is 0 Å². The van der Waals surface area contributed by atoms with Crippen LogP contribution in [0.5, 0.6) is 11.5 Å². The SMILES string of the molecule is COc1cc(NC(=O)/C=C/c2ccc(Cl)cc2)c([N+](=O)[O-])cc1OC. The Labute approximate surface area is 149 Å². The topological polar surface area (TPSA) is 90.7 Å². The summed E-state index contributed by atoms with van der Waals surface area (Å²) in [6.07, 6.45) is 2.84. The molecule has 25 heavy (non-hydrogen) atoms. The van der Waals surface area contributed by atoms with E-state index >= 15 is 0 Å². The Morgan fingerprint density at radius 1 is 1.16 bits per heavy atom. The minimum atomic E-state index is -0.611. The first-order valence-electron chi connectivity index (χ1n) is 7.09. The molecule has 0 saturated carbocycles. The number of nitrogens with zero attached hydrogens (tertiary/aromatic N) is 1. The van der Waals surface area contributed by atoms with Gasteiger partial charge in [-0.25, -0.2) is 0 Å². The average molecular weight is 363 g/mol. The molecule has 0 radical (unpaired) electrons. The number of hydrogen-bond acceptors (Lipinski definition) is 5. The van der Waals surface area contributed by atoms with Gasteiger partial charge in [-0.3, -0.25) is 14.9 Å². The van der Waals surface area contributed by atoms with E-state index in [-0.39, 0.29) is 22.9 Å². The van der Waals surface area contributed by atoms with Crippen molar-refractivity contribution in [2.75, 3.05) is 19.5 Å². The highest BCUT2D eigenvalue weighted by Crippen LogP contribution is 2.37. The van der Waals surface area contributed by atoms with Crippen LogP contribution in [0, 0.1) is 10.1 Å². The van der Waals surface area contributed by atoms with E-state index in [1.54, 1.807) is 30.3 Å². The number of benzene rings is 2. The van der Waals surface area contributed by atoms with Gasteiger partial charge in [0.25, 0.3) is 5.69 Å². The zero-order chi connectivity index (χ0) is 18.4. The van der Waals surface area contributed by atoms with Crippen molar-refractivity contribution < 1.29 is 19.2 Å². The molecule has 7 nitrogen and oxygen atoms in total. The Morgan fingerprint density at radius 2 is 1.76 bits per heavy atom. The van der Waals surface area contributed by atoms with Crippen LogP contribution in [-0.4, -0.2) is 25.1 Å². The second-order valence-corrected chi connectivity index (χ2v) is 5.29. The van der Waals surface area contributed by atoms with Gasteiger partial charge in [-0.1, -0.05) is 23.7 Å². The number of halogens is 1. The Bertz CT molecular complexity index is 819. The fourth-order valence-corrected chi connectivity index (χ4v) is 2.17. The minimum Gasteiger partial charge on any atom is -0.493 e. The molecule has 0 spiro atoms. The van der Waals surface area contributed by atoms with Crippen molar-refractivity contribution in [1.29, 1.82) is 0 Å². The molecular weight excluding hydrogens is 348 g/mol. The molecule has 0 aromatic heterocycles. The zero-order valence-electron chi connectivity index (χ0n) is 13.5. The molecule has 8 heteroatoms. The van der Waals surface area contributed by atoms with Crippen LogP contribution in [0.3, 0.4) is 0 Å². The van der Waals surface area contributed by atoms with E-state index < -0.39 is 10.8 Å². The van der Waals surface area contributed by atoms with Crippen LogP contribution in [0.2, 0.25) is 5.02 Å². The molecule has 0 aliphatic rings. The third kappa shape index (κ3) is 4.71. The molecule has 0 aliphatic carbocycles. The predicted octanol–water partition coefficient (Wildman–Crippen LogP) is 3.92. The van der Waals surface area contributed by atoms with Crippen LogP contribution in [-0.2, 0) is 4.79 Å². The van der Waals surface area contributed by atoms with Crippen LogP contribution in [0.4, 0.5) is 11.4 Å². The van der Waals surface area contributed by atoms with E-state index in [2.05, 4.69) is 5.32 Å². The maximum atomic E-state index is 12.1. The lowest BCUT2D eigenvalue weighted by molar-refractivity contribution is -0.384. The summed E-state index contributed by atoms with van der Waals surface area (Å²) >= 11 is 5.79. The van der Waals surface area contributed by atoms with Crippen molar-refractivity contribution in [3.05, 3.63) is 63.2 Å². The summed E-state index contributed by atoms with van der Waals surface area (Å²) in [7, 11) is 2.77. The smallest absolute Gasteiger partial charge is 0.296 e. The largest absolute Gasteiger partial charge is 0.493 e. The summed E-state index contributed by atoms with van der Waals surface area (Å²) in [4.78, 5) is 22.7. The summed E-state index contributed by atoms with van der Waals surface area (Å²) in [5.74, 6) is -0.0562. The van der Waals surface area contributed by atoms with Crippen LogP contribution in [0.15, 0.2) is 42.5 Å².